The fourth-order valence-corrected chi connectivity index (χ4v) is 6.54. The van der Waals surface area contributed by atoms with Gasteiger partial charge in [0, 0.05) is 47.2 Å². The second kappa shape index (κ2) is 12.5. The summed E-state index contributed by atoms with van der Waals surface area (Å²) in [4.78, 5) is 34.1. The van der Waals surface area contributed by atoms with Crippen molar-refractivity contribution in [3.63, 3.8) is 0 Å². The van der Waals surface area contributed by atoms with Gasteiger partial charge in [-0.3, -0.25) is 9.78 Å². The van der Waals surface area contributed by atoms with Crippen LogP contribution in [0.2, 0.25) is 0 Å². The van der Waals surface area contributed by atoms with Gasteiger partial charge in [0.1, 0.15) is 0 Å². The highest BCUT2D eigenvalue weighted by Gasteiger charge is 2.43. The summed E-state index contributed by atoms with van der Waals surface area (Å²) in [5.74, 6) is 0.113. The third-order valence-corrected chi connectivity index (χ3v) is 8.31. The summed E-state index contributed by atoms with van der Waals surface area (Å²) in [6, 6.07) is 18.0. The van der Waals surface area contributed by atoms with Gasteiger partial charge in [-0.25, -0.2) is 4.79 Å². The van der Waals surface area contributed by atoms with E-state index in [1.807, 2.05) is 103 Å². The van der Waals surface area contributed by atoms with E-state index in [9.17, 15) is 9.59 Å². The van der Waals surface area contributed by atoms with Gasteiger partial charge in [-0.05, 0) is 96.9 Å². The Morgan fingerprint density at radius 3 is 2.28 bits per heavy atom. The van der Waals surface area contributed by atoms with Crippen molar-refractivity contribution in [3.05, 3.63) is 82.7 Å². The Balaban J connectivity index is 1.58. The Morgan fingerprint density at radius 1 is 1.00 bits per heavy atom. The molecule has 43 heavy (non-hydrogen) atoms. The van der Waals surface area contributed by atoms with Crippen LogP contribution >= 0.6 is 0 Å². The minimum absolute atomic E-state index is 0.123. The molecule has 3 aromatic rings. The summed E-state index contributed by atoms with van der Waals surface area (Å²) in [6.07, 6.45) is 2.32. The first-order valence-electron chi connectivity index (χ1n) is 15.5. The first kappa shape index (κ1) is 30.7. The predicted octanol–water partition coefficient (Wildman–Crippen LogP) is 7.09. The van der Waals surface area contributed by atoms with Crippen molar-refractivity contribution in [2.24, 2.45) is 5.92 Å². The topological polar surface area (TPSA) is 80.8 Å². The molecule has 7 heteroatoms. The fourth-order valence-electron chi connectivity index (χ4n) is 6.54. The number of hydrogen-bond acceptors (Lipinski definition) is 6. The Hall–Kier alpha value is -3.71. The van der Waals surface area contributed by atoms with Crippen LogP contribution in [-0.4, -0.2) is 41.2 Å². The van der Waals surface area contributed by atoms with Crippen molar-refractivity contribution in [2.75, 3.05) is 11.4 Å². The summed E-state index contributed by atoms with van der Waals surface area (Å²) >= 11 is 0. The zero-order chi connectivity index (χ0) is 30.9. The molecule has 1 amide bonds. The second-order valence-corrected chi connectivity index (χ2v) is 13.2. The highest BCUT2D eigenvalue weighted by atomic mass is 16.6. The van der Waals surface area contributed by atoms with E-state index < -0.39 is 17.7 Å². The molecule has 3 atom stereocenters. The number of benzene rings is 2. The number of carbonyl (C=O) groups is 2. The maximum atomic E-state index is 13.7. The zero-order valence-electron chi connectivity index (χ0n) is 26.6. The Kier molecular flexibility index (Phi) is 8.93. The van der Waals surface area contributed by atoms with Crippen LogP contribution < -0.4 is 10.2 Å². The normalized spacial score (nSPS) is 18.7. The monoisotopic (exact) mass is 583 g/mol. The molecule has 0 spiro atoms. The number of aryl methyl sites for hydroxylation is 2. The highest BCUT2D eigenvalue weighted by molar-refractivity contribution is 5.95. The zero-order valence-corrected chi connectivity index (χ0v) is 26.6. The van der Waals surface area contributed by atoms with Crippen LogP contribution in [0, 0.1) is 19.8 Å². The van der Waals surface area contributed by atoms with Gasteiger partial charge in [0.15, 0.2) is 6.10 Å². The van der Waals surface area contributed by atoms with E-state index in [1.165, 1.54) is 6.42 Å². The number of nitrogens with one attached hydrogen (secondary N) is 1. The number of esters is 1. The molecule has 5 rings (SSSR count). The van der Waals surface area contributed by atoms with E-state index in [1.54, 1.807) is 0 Å². The number of amides is 1. The summed E-state index contributed by atoms with van der Waals surface area (Å²) in [5.41, 5.74) is 6.42. The molecule has 2 fully saturated rings. The molecule has 2 bridgehead atoms. The molecule has 1 aliphatic heterocycles. The maximum absolute atomic E-state index is 13.7. The minimum atomic E-state index is -0.925. The summed E-state index contributed by atoms with van der Waals surface area (Å²) in [5, 5.41) is 3.01. The van der Waals surface area contributed by atoms with Crippen molar-refractivity contribution in [1.82, 2.24) is 10.3 Å². The quantitative estimate of drug-likeness (QED) is 0.271. The van der Waals surface area contributed by atoms with Gasteiger partial charge in [0.2, 0.25) is 0 Å². The minimum Gasteiger partial charge on any atom is -0.461 e. The number of ether oxygens (including phenoxy) is 2. The highest BCUT2D eigenvalue weighted by Crippen LogP contribution is 2.49. The number of hydrogen-bond donors (Lipinski definition) is 1. The molecule has 2 heterocycles. The van der Waals surface area contributed by atoms with Gasteiger partial charge in [0.25, 0.3) is 5.91 Å². The summed E-state index contributed by atoms with van der Waals surface area (Å²) in [6.45, 7) is 15.0. The number of piperidine rings is 1. The molecule has 1 saturated heterocycles. The van der Waals surface area contributed by atoms with Gasteiger partial charge in [-0.2, -0.15) is 0 Å². The van der Waals surface area contributed by atoms with E-state index in [4.69, 9.17) is 14.5 Å². The lowest BCUT2D eigenvalue weighted by molar-refractivity contribution is -0.171. The van der Waals surface area contributed by atoms with Gasteiger partial charge < -0.3 is 19.7 Å². The smallest absolute Gasteiger partial charge is 0.340 e. The average Bonchev–Trinajstić information content (AvgIpc) is 3.58. The molecular weight excluding hydrogens is 538 g/mol. The predicted molar refractivity (Wildman–Crippen MR) is 170 cm³/mol. The van der Waals surface area contributed by atoms with Crippen LogP contribution in [0.4, 0.5) is 5.69 Å². The van der Waals surface area contributed by atoms with Crippen molar-refractivity contribution < 1.29 is 19.1 Å². The molecule has 228 valence electrons. The van der Waals surface area contributed by atoms with Crippen molar-refractivity contribution in [2.45, 2.75) is 98.1 Å². The van der Waals surface area contributed by atoms with Crippen LogP contribution in [0.15, 0.2) is 54.6 Å². The maximum Gasteiger partial charge on any atom is 0.340 e. The Bertz CT molecular complexity index is 1460. The molecule has 0 radical (unpaired) electrons. The van der Waals surface area contributed by atoms with Gasteiger partial charge in [-0.15, -0.1) is 0 Å². The molecular formula is C36H45N3O4. The number of rotatable bonds is 9. The van der Waals surface area contributed by atoms with Crippen LogP contribution in [0.5, 0.6) is 0 Å². The molecule has 2 aliphatic rings. The first-order valence-corrected chi connectivity index (χ1v) is 15.5. The Labute approximate surface area is 256 Å². The largest absolute Gasteiger partial charge is 0.461 e. The molecule has 1 saturated carbocycles. The number of fused-ring (bicyclic) bond motifs is 2. The van der Waals surface area contributed by atoms with E-state index in [-0.39, 0.29) is 12.0 Å². The summed E-state index contributed by atoms with van der Waals surface area (Å²) in [7, 11) is 0. The second-order valence-electron chi connectivity index (χ2n) is 13.2. The number of pyridine rings is 1. The summed E-state index contributed by atoms with van der Waals surface area (Å²) < 4.78 is 12.3. The van der Waals surface area contributed by atoms with Gasteiger partial charge in [-0.1, -0.05) is 42.5 Å². The van der Waals surface area contributed by atoms with Crippen molar-refractivity contribution >= 4 is 17.6 Å². The van der Waals surface area contributed by atoms with Gasteiger partial charge in [0.05, 0.1) is 17.4 Å². The van der Waals surface area contributed by atoms with Crippen LogP contribution in [0.3, 0.4) is 0 Å². The molecule has 1 aromatic heterocycles. The van der Waals surface area contributed by atoms with E-state index >= 15 is 0 Å². The standard InChI is InChI=1S/C36H45N3O4/c1-22(2)42-35(41)33(43-36(5,6)7)31-24(4)38-23(3)30(32(31)39-21-26-13-18-29(39)19-26)27-14-16-28(17-15-27)34(40)37-20-25-11-9-8-10-12-25/h8-12,14-17,22,26,29,33H,13,18-21H2,1-7H3,(H,37,40)/t26?,29?,33-/m0/s1. The van der Waals surface area contributed by atoms with Gasteiger partial charge >= 0.3 is 5.97 Å². The third kappa shape index (κ3) is 6.93. The van der Waals surface area contributed by atoms with Crippen LogP contribution in [-0.2, 0) is 20.8 Å². The third-order valence-electron chi connectivity index (χ3n) is 8.31. The van der Waals surface area contributed by atoms with Crippen LogP contribution in [0.25, 0.3) is 11.1 Å². The molecule has 7 nitrogen and oxygen atoms in total. The lowest BCUT2D eigenvalue weighted by atomic mass is 9.92. The fraction of sp³-hybridized carbons (Fsp3) is 0.472. The molecule has 1 aliphatic carbocycles. The number of anilines is 1. The molecule has 2 unspecified atom stereocenters. The van der Waals surface area contributed by atoms with Crippen molar-refractivity contribution in [3.8, 4) is 11.1 Å². The first-order chi connectivity index (χ1) is 20.4. The Morgan fingerprint density at radius 2 is 1.70 bits per heavy atom. The SMILES string of the molecule is Cc1nc(C)c([C@H](OC(C)(C)C)C(=O)OC(C)C)c(N2CC3CCC2C3)c1-c1ccc(C(=O)NCc2ccccc2)cc1. The van der Waals surface area contributed by atoms with E-state index in [0.29, 0.717) is 24.1 Å². The molecule has 2 aromatic carbocycles. The van der Waals surface area contributed by atoms with Crippen LogP contribution in [0.1, 0.15) is 92.9 Å². The lowest BCUT2D eigenvalue weighted by Crippen LogP contribution is -2.36. The average molecular weight is 584 g/mol. The van der Waals surface area contributed by atoms with Crippen molar-refractivity contribution in [1.29, 1.82) is 0 Å². The molecule has 1 N–H and O–H groups in total. The lowest BCUT2D eigenvalue weighted by Gasteiger charge is -2.37. The number of aromatic nitrogens is 1. The van der Waals surface area contributed by atoms with E-state index in [2.05, 4.69) is 10.2 Å². The van der Waals surface area contributed by atoms with E-state index in [0.717, 1.165) is 58.7 Å². The number of nitrogens with zero attached hydrogens (tertiary/aromatic N) is 2. The number of carbonyl (C=O) groups excluding carboxylic acids is 2.